The fourth-order valence-corrected chi connectivity index (χ4v) is 1.21. The first-order valence-corrected chi connectivity index (χ1v) is 4.96. The summed E-state index contributed by atoms with van der Waals surface area (Å²) in [5.74, 6) is 0. The van der Waals surface area contributed by atoms with E-state index in [1.54, 1.807) is 6.92 Å². The third-order valence-electron chi connectivity index (χ3n) is 1.91. The molecule has 86 valence electrons. The van der Waals surface area contributed by atoms with E-state index in [9.17, 15) is 13.2 Å². The SMILES string of the molecule is CC(CC(F)(F)F)NCCCCCN. The maximum absolute atomic E-state index is 11.9. The van der Waals surface area contributed by atoms with Crippen LogP contribution in [-0.2, 0) is 0 Å². The normalized spacial score (nSPS) is 14.4. The van der Waals surface area contributed by atoms with Gasteiger partial charge in [0.05, 0.1) is 6.42 Å². The van der Waals surface area contributed by atoms with E-state index < -0.39 is 18.6 Å². The minimum Gasteiger partial charge on any atom is -0.330 e. The molecule has 0 radical (unpaired) electrons. The van der Waals surface area contributed by atoms with Crippen molar-refractivity contribution in [2.45, 2.75) is 44.8 Å². The zero-order valence-electron chi connectivity index (χ0n) is 8.53. The third kappa shape index (κ3) is 9.80. The van der Waals surface area contributed by atoms with Gasteiger partial charge in [0, 0.05) is 6.04 Å². The molecule has 3 N–H and O–H groups in total. The monoisotopic (exact) mass is 212 g/mol. The average Bonchev–Trinajstić information content (AvgIpc) is 2.00. The predicted molar refractivity (Wildman–Crippen MR) is 51.0 cm³/mol. The van der Waals surface area contributed by atoms with E-state index in [4.69, 9.17) is 5.73 Å². The molecule has 14 heavy (non-hydrogen) atoms. The molecule has 0 amide bonds. The molecule has 0 aliphatic carbocycles. The molecule has 0 spiro atoms. The zero-order chi connectivity index (χ0) is 11.0. The maximum Gasteiger partial charge on any atom is 0.390 e. The van der Waals surface area contributed by atoms with Crippen molar-refractivity contribution in [3.05, 3.63) is 0 Å². The number of hydrogen-bond donors (Lipinski definition) is 2. The third-order valence-corrected chi connectivity index (χ3v) is 1.91. The highest BCUT2D eigenvalue weighted by molar-refractivity contribution is 4.65. The molecule has 0 aliphatic heterocycles. The summed E-state index contributed by atoms with van der Waals surface area (Å²) in [5, 5.41) is 2.84. The van der Waals surface area contributed by atoms with E-state index in [0.29, 0.717) is 13.1 Å². The number of halogens is 3. The first-order chi connectivity index (χ1) is 6.45. The second-order valence-corrected chi connectivity index (χ2v) is 3.52. The van der Waals surface area contributed by atoms with E-state index in [0.717, 1.165) is 19.3 Å². The summed E-state index contributed by atoms with van der Waals surface area (Å²) in [6.07, 6.45) is -2.02. The van der Waals surface area contributed by atoms with E-state index in [1.807, 2.05) is 0 Å². The Morgan fingerprint density at radius 3 is 2.36 bits per heavy atom. The lowest BCUT2D eigenvalue weighted by molar-refractivity contribution is -0.139. The van der Waals surface area contributed by atoms with Crippen molar-refractivity contribution < 1.29 is 13.2 Å². The molecule has 1 atom stereocenters. The minimum atomic E-state index is -4.07. The summed E-state index contributed by atoms with van der Waals surface area (Å²) in [7, 11) is 0. The van der Waals surface area contributed by atoms with Crippen molar-refractivity contribution in [2.75, 3.05) is 13.1 Å². The van der Waals surface area contributed by atoms with Crippen LogP contribution in [-0.4, -0.2) is 25.3 Å². The Hall–Kier alpha value is -0.290. The molecule has 0 saturated heterocycles. The van der Waals surface area contributed by atoms with Crippen molar-refractivity contribution in [3.63, 3.8) is 0 Å². The van der Waals surface area contributed by atoms with Crippen LogP contribution in [0.25, 0.3) is 0 Å². The van der Waals surface area contributed by atoms with Gasteiger partial charge in [-0.1, -0.05) is 6.42 Å². The van der Waals surface area contributed by atoms with Gasteiger partial charge in [0.1, 0.15) is 0 Å². The predicted octanol–water partition coefficient (Wildman–Crippen LogP) is 2.05. The van der Waals surface area contributed by atoms with Gasteiger partial charge < -0.3 is 11.1 Å². The van der Waals surface area contributed by atoms with Crippen LogP contribution in [0.4, 0.5) is 13.2 Å². The van der Waals surface area contributed by atoms with E-state index in [1.165, 1.54) is 0 Å². The van der Waals surface area contributed by atoms with Gasteiger partial charge in [-0.05, 0) is 32.9 Å². The first-order valence-electron chi connectivity index (χ1n) is 4.96. The van der Waals surface area contributed by atoms with Gasteiger partial charge in [0.15, 0.2) is 0 Å². The second-order valence-electron chi connectivity index (χ2n) is 3.52. The van der Waals surface area contributed by atoms with Crippen molar-refractivity contribution >= 4 is 0 Å². The summed E-state index contributed by atoms with van der Waals surface area (Å²) in [5.41, 5.74) is 5.28. The Balaban J connectivity index is 3.31. The van der Waals surface area contributed by atoms with Gasteiger partial charge >= 0.3 is 6.18 Å². The van der Waals surface area contributed by atoms with Crippen LogP contribution in [0.15, 0.2) is 0 Å². The molecular formula is C9H19F3N2. The van der Waals surface area contributed by atoms with Gasteiger partial charge in [-0.2, -0.15) is 13.2 Å². The minimum absolute atomic E-state index is 0.493. The summed E-state index contributed by atoms with van der Waals surface area (Å²) in [4.78, 5) is 0. The zero-order valence-corrected chi connectivity index (χ0v) is 8.53. The first kappa shape index (κ1) is 13.7. The van der Waals surface area contributed by atoms with Crippen molar-refractivity contribution in [2.24, 2.45) is 5.73 Å². The average molecular weight is 212 g/mol. The molecule has 0 aromatic carbocycles. The number of hydrogen-bond acceptors (Lipinski definition) is 2. The fraction of sp³-hybridized carbons (Fsp3) is 1.00. The van der Waals surface area contributed by atoms with Crippen LogP contribution >= 0.6 is 0 Å². The quantitative estimate of drug-likeness (QED) is 0.634. The number of alkyl halides is 3. The highest BCUT2D eigenvalue weighted by atomic mass is 19.4. The molecule has 0 heterocycles. The molecule has 0 aromatic rings. The maximum atomic E-state index is 11.9. The lowest BCUT2D eigenvalue weighted by Gasteiger charge is -2.15. The highest BCUT2D eigenvalue weighted by Gasteiger charge is 2.29. The molecule has 2 nitrogen and oxygen atoms in total. The standard InChI is InChI=1S/C9H19F3N2/c1-8(7-9(10,11)12)14-6-4-2-3-5-13/h8,14H,2-7,13H2,1H3. The molecule has 0 bridgehead atoms. The molecule has 0 aromatic heterocycles. The van der Waals surface area contributed by atoms with E-state index in [2.05, 4.69) is 5.32 Å². The Labute approximate surface area is 83.0 Å². The summed E-state index contributed by atoms with van der Waals surface area (Å²) in [6.45, 7) is 2.84. The Bertz CT molecular complexity index is 137. The fourth-order valence-electron chi connectivity index (χ4n) is 1.21. The Kier molecular flexibility index (Phi) is 6.92. The van der Waals surface area contributed by atoms with Crippen LogP contribution < -0.4 is 11.1 Å². The largest absolute Gasteiger partial charge is 0.390 e. The van der Waals surface area contributed by atoms with E-state index in [-0.39, 0.29) is 0 Å². The number of rotatable bonds is 7. The molecule has 0 aliphatic rings. The van der Waals surface area contributed by atoms with E-state index >= 15 is 0 Å². The van der Waals surface area contributed by atoms with Gasteiger partial charge in [-0.3, -0.25) is 0 Å². The number of unbranched alkanes of at least 4 members (excludes halogenated alkanes) is 2. The Morgan fingerprint density at radius 2 is 1.86 bits per heavy atom. The highest BCUT2D eigenvalue weighted by Crippen LogP contribution is 2.21. The van der Waals surface area contributed by atoms with Crippen molar-refractivity contribution in [3.8, 4) is 0 Å². The molecule has 0 fully saturated rings. The van der Waals surface area contributed by atoms with Crippen LogP contribution in [0, 0.1) is 0 Å². The molecule has 5 heteroatoms. The molecule has 1 unspecified atom stereocenters. The second kappa shape index (κ2) is 7.06. The van der Waals surface area contributed by atoms with Crippen LogP contribution in [0.2, 0.25) is 0 Å². The number of nitrogens with two attached hydrogens (primary N) is 1. The lowest BCUT2D eigenvalue weighted by atomic mass is 10.2. The number of nitrogens with one attached hydrogen (secondary N) is 1. The topological polar surface area (TPSA) is 38.0 Å². The smallest absolute Gasteiger partial charge is 0.330 e. The van der Waals surface area contributed by atoms with Gasteiger partial charge in [0.25, 0.3) is 0 Å². The van der Waals surface area contributed by atoms with Gasteiger partial charge in [-0.25, -0.2) is 0 Å². The molecular weight excluding hydrogens is 193 g/mol. The van der Waals surface area contributed by atoms with Crippen LogP contribution in [0.5, 0.6) is 0 Å². The van der Waals surface area contributed by atoms with Crippen LogP contribution in [0.1, 0.15) is 32.6 Å². The molecule has 0 rings (SSSR count). The van der Waals surface area contributed by atoms with Crippen molar-refractivity contribution in [1.29, 1.82) is 0 Å². The van der Waals surface area contributed by atoms with Gasteiger partial charge in [0.2, 0.25) is 0 Å². The Morgan fingerprint density at radius 1 is 1.21 bits per heavy atom. The summed E-state index contributed by atoms with van der Waals surface area (Å²) < 4.78 is 35.6. The van der Waals surface area contributed by atoms with Crippen LogP contribution in [0.3, 0.4) is 0 Å². The van der Waals surface area contributed by atoms with Gasteiger partial charge in [-0.15, -0.1) is 0 Å². The summed E-state index contributed by atoms with van der Waals surface area (Å²) in [6, 6.07) is -0.493. The molecule has 0 saturated carbocycles. The summed E-state index contributed by atoms with van der Waals surface area (Å²) >= 11 is 0. The van der Waals surface area contributed by atoms with Crippen molar-refractivity contribution in [1.82, 2.24) is 5.32 Å². The lowest BCUT2D eigenvalue weighted by Crippen LogP contribution is -2.31.